The largest absolute Gasteiger partial charge is 0.386 e. The summed E-state index contributed by atoms with van der Waals surface area (Å²) in [6.45, 7) is 4.16. The van der Waals surface area contributed by atoms with Crippen molar-refractivity contribution in [3.63, 3.8) is 0 Å². The number of hydrogen-bond donors (Lipinski definition) is 0. The molecule has 0 aromatic heterocycles. The third-order valence-corrected chi connectivity index (χ3v) is 10.1. The highest BCUT2D eigenvalue weighted by Crippen LogP contribution is 2.41. The van der Waals surface area contributed by atoms with E-state index in [0.717, 1.165) is 43.2 Å². The van der Waals surface area contributed by atoms with Gasteiger partial charge < -0.3 is 4.74 Å². The molecule has 5 heteroatoms. The zero-order valence-electron chi connectivity index (χ0n) is 25.9. The van der Waals surface area contributed by atoms with Gasteiger partial charge in [0.15, 0.2) is 11.6 Å². The summed E-state index contributed by atoms with van der Waals surface area (Å²) in [7, 11) is 0. The summed E-state index contributed by atoms with van der Waals surface area (Å²) in [6.07, 6.45) is 15.0. The van der Waals surface area contributed by atoms with E-state index in [2.05, 4.69) is 26.0 Å². The number of alkyl halides is 2. The third-order valence-electron chi connectivity index (χ3n) is 10.1. The lowest BCUT2D eigenvalue weighted by Gasteiger charge is -2.29. The van der Waals surface area contributed by atoms with Gasteiger partial charge >= 0.3 is 6.11 Å². The predicted octanol–water partition coefficient (Wildman–Crippen LogP) is 12.0. The van der Waals surface area contributed by atoms with Crippen LogP contribution in [0, 0.1) is 23.5 Å². The van der Waals surface area contributed by atoms with E-state index in [0.29, 0.717) is 11.8 Å². The van der Waals surface area contributed by atoms with Gasteiger partial charge in [0.25, 0.3) is 0 Å². The highest BCUT2D eigenvalue weighted by atomic mass is 19.3. The molecule has 0 N–H and O–H groups in total. The number of unbranched alkanes of at least 4 members (excludes halogenated alkanes) is 4. The predicted molar refractivity (Wildman–Crippen MR) is 164 cm³/mol. The maximum absolute atomic E-state index is 15.0. The molecule has 0 radical (unpaired) electrons. The van der Waals surface area contributed by atoms with Crippen LogP contribution in [-0.2, 0) is 17.3 Å². The molecule has 4 rings (SSSR count). The monoisotopic (exact) mass is 588 g/mol. The van der Waals surface area contributed by atoms with E-state index in [-0.39, 0.29) is 24.5 Å². The van der Waals surface area contributed by atoms with Crippen molar-refractivity contribution in [2.45, 2.75) is 141 Å². The Labute approximate surface area is 251 Å². The number of benzene rings is 2. The van der Waals surface area contributed by atoms with Crippen LogP contribution in [0.5, 0.6) is 0 Å². The topological polar surface area (TPSA) is 9.23 Å². The molecule has 2 fully saturated rings. The fourth-order valence-corrected chi connectivity index (χ4v) is 7.35. The zero-order chi connectivity index (χ0) is 30.0. The van der Waals surface area contributed by atoms with Gasteiger partial charge in [0.2, 0.25) is 0 Å². The average molecular weight is 589 g/mol. The summed E-state index contributed by atoms with van der Waals surface area (Å²) in [4.78, 5) is 0. The minimum Gasteiger partial charge on any atom is -0.316 e. The third kappa shape index (κ3) is 9.07. The van der Waals surface area contributed by atoms with E-state index in [1.807, 2.05) is 12.1 Å². The van der Waals surface area contributed by atoms with E-state index in [1.165, 1.54) is 88.7 Å². The van der Waals surface area contributed by atoms with Crippen LogP contribution >= 0.6 is 0 Å². The van der Waals surface area contributed by atoms with Crippen molar-refractivity contribution < 1.29 is 22.3 Å². The van der Waals surface area contributed by atoms with E-state index >= 15 is 4.39 Å². The van der Waals surface area contributed by atoms with Crippen LogP contribution in [0.3, 0.4) is 0 Å². The Morgan fingerprint density at radius 1 is 0.667 bits per heavy atom. The van der Waals surface area contributed by atoms with Crippen molar-refractivity contribution in [2.75, 3.05) is 6.61 Å². The summed E-state index contributed by atoms with van der Waals surface area (Å²) >= 11 is 0. The summed E-state index contributed by atoms with van der Waals surface area (Å²) in [6, 6.07) is 10.6. The van der Waals surface area contributed by atoms with Gasteiger partial charge in [-0.25, -0.2) is 8.78 Å². The Hall–Kier alpha value is -1.88. The maximum atomic E-state index is 15.0. The summed E-state index contributed by atoms with van der Waals surface area (Å²) in [5.41, 5.74) is 1.43. The van der Waals surface area contributed by atoms with Crippen molar-refractivity contribution >= 4 is 0 Å². The number of hydrogen-bond acceptors (Lipinski definition) is 1. The molecule has 2 aliphatic rings. The lowest BCUT2D eigenvalue weighted by molar-refractivity contribution is -0.249. The fourth-order valence-electron chi connectivity index (χ4n) is 7.35. The summed E-state index contributed by atoms with van der Waals surface area (Å²) < 4.78 is 64.6. The molecular weight excluding hydrogens is 536 g/mol. The molecule has 0 atom stereocenters. The average Bonchev–Trinajstić information content (AvgIpc) is 3.00. The standard InChI is InChI=1S/C37H52F4O/c1-3-5-7-9-27-11-17-30(18-12-27)31-19-13-29(14-20-31)25-26-42-37(40,41)34-24-23-33(35(38)36(34)39)32-21-15-28(16-22-32)10-8-6-4-2/h13-14,19-20,23-24,27-28,30,32H,3-12,15-18,21-22,25-26H2,1-2H3/t27-,28-,30-,32-. The fraction of sp³-hybridized carbons (Fsp3) is 0.676. The van der Waals surface area contributed by atoms with Crippen molar-refractivity contribution in [3.8, 4) is 0 Å². The second-order valence-electron chi connectivity index (χ2n) is 13.1. The van der Waals surface area contributed by atoms with Crippen LogP contribution in [-0.4, -0.2) is 6.61 Å². The molecule has 1 nitrogen and oxygen atoms in total. The Kier molecular flexibility index (Phi) is 12.8. The van der Waals surface area contributed by atoms with Gasteiger partial charge in [-0.15, -0.1) is 0 Å². The van der Waals surface area contributed by atoms with Crippen LogP contribution in [0.25, 0.3) is 0 Å². The van der Waals surface area contributed by atoms with E-state index in [4.69, 9.17) is 4.74 Å². The lowest BCUT2D eigenvalue weighted by Crippen LogP contribution is -2.23. The molecule has 2 aromatic rings. The van der Waals surface area contributed by atoms with Crippen molar-refractivity contribution in [3.05, 3.63) is 70.3 Å². The molecule has 2 aromatic carbocycles. The van der Waals surface area contributed by atoms with Crippen LogP contribution in [0.4, 0.5) is 17.6 Å². The Bertz CT molecular complexity index is 1070. The van der Waals surface area contributed by atoms with Gasteiger partial charge in [-0.05, 0) is 104 Å². The second kappa shape index (κ2) is 16.3. The number of halogens is 4. The van der Waals surface area contributed by atoms with Gasteiger partial charge in [-0.3, -0.25) is 0 Å². The van der Waals surface area contributed by atoms with Crippen molar-refractivity contribution in [1.82, 2.24) is 0 Å². The Balaban J connectivity index is 1.25. The molecule has 0 saturated heterocycles. The molecule has 2 saturated carbocycles. The minimum atomic E-state index is -3.89. The molecule has 234 valence electrons. The first-order chi connectivity index (χ1) is 20.3. The van der Waals surface area contributed by atoms with Gasteiger partial charge in [-0.1, -0.05) is 95.5 Å². The first-order valence-corrected chi connectivity index (χ1v) is 16.9. The summed E-state index contributed by atoms with van der Waals surface area (Å²) in [5.74, 6) is -0.671. The van der Waals surface area contributed by atoms with E-state index in [1.54, 1.807) is 0 Å². The quantitative estimate of drug-likeness (QED) is 0.149. The van der Waals surface area contributed by atoms with E-state index < -0.39 is 23.3 Å². The van der Waals surface area contributed by atoms with E-state index in [9.17, 15) is 13.2 Å². The molecule has 0 aliphatic heterocycles. The van der Waals surface area contributed by atoms with Crippen molar-refractivity contribution in [1.29, 1.82) is 0 Å². The molecule has 0 unspecified atom stereocenters. The first kappa shape index (κ1) is 33.0. The minimum absolute atomic E-state index is 0.116. The molecular formula is C37H52F4O. The molecule has 2 aliphatic carbocycles. The highest BCUT2D eigenvalue weighted by Gasteiger charge is 2.38. The SMILES string of the molecule is CCCCC[C@H]1CC[C@H](c2ccc(CCOC(F)(F)c3ccc([C@H]4CC[C@H](CCCCC)CC4)c(F)c3F)cc2)CC1. The molecule has 42 heavy (non-hydrogen) atoms. The Morgan fingerprint density at radius 2 is 1.21 bits per heavy atom. The van der Waals surface area contributed by atoms with Crippen LogP contribution in [0.15, 0.2) is 36.4 Å². The molecule has 0 spiro atoms. The second-order valence-corrected chi connectivity index (χ2v) is 13.1. The lowest BCUT2D eigenvalue weighted by atomic mass is 9.76. The highest BCUT2D eigenvalue weighted by molar-refractivity contribution is 5.31. The first-order valence-electron chi connectivity index (χ1n) is 16.9. The smallest absolute Gasteiger partial charge is 0.316 e. The van der Waals surface area contributed by atoms with Crippen LogP contribution < -0.4 is 0 Å². The number of ether oxygens (including phenoxy) is 1. The van der Waals surface area contributed by atoms with Gasteiger partial charge in [-0.2, -0.15) is 8.78 Å². The van der Waals surface area contributed by atoms with Crippen LogP contribution in [0.2, 0.25) is 0 Å². The molecule has 0 heterocycles. The maximum Gasteiger partial charge on any atom is 0.386 e. The number of rotatable bonds is 15. The van der Waals surface area contributed by atoms with Gasteiger partial charge in [0.1, 0.15) is 0 Å². The zero-order valence-corrected chi connectivity index (χ0v) is 25.9. The van der Waals surface area contributed by atoms with Crippen LogP contribution in [0.1, 0.15) is 151 Å². The Morgan fingerprint density at radius 3 is 1.76 bits per heavy atom. The summed E-state index contributed by atoms with van der Waals surface area (Å²) in [5, 5.41) is 0. The normalized spacial score (nSPS) is 23.3. The molecule has 0 bridgehead atoms. The van der Waals surface area contributed by atoms with Crippen molar-refractivity contribution in [2.24, 2.45) is 11.8 Å². The molecule has 0 amide bonds. The van der Waals surface area contributed by atoms with Gasteiger partial charge in [0.05, 0.1) is 12.2 Å². The van der Waals surface area contributed by atoms with Gasteiger partial charge in [0, 0.05) is 0 Å².